The van der Waals surface area contributed by atoms with Gasteiger partial charge in [-0.3, -0.25) is 4.79 Å². The molecular formula is C13H13BrN2OS. The zero-order valence-electron chi connectivity index (χ0n) is 10.2. The van der Waals surface area contributed by atoms with Crippen LogP contribution in [0.25, 0.3) is 0 Å². The van der Waals surface area contributed by atoms with Crippen LogP contribution in [0, 0.1) is 6.92 Å². The highest BCUT2D eigenvalue weighted by Crippen LogP contribution is 2.16. The van der Waals surface area contributed by atoms with Crippen molar-refractivity contribution >= 4 is 33.2 Å². The molecule has 2 rings (SSSR count). The first-order chi connectivity index (χ1) is 8.56. The Morgan fingerprint density at radius 3 is 2.61 bits per heavy atom. The molecule has 0 N–H and O–H groups in total. The molecule has 0 aliphatic heterocycles. The molecule has 0 aliphatic carbocycles. The second kappa shape index (κ2) is 5.63. The van der Waals surface area contributed by atoms with Crippen LogP contribution in [-0.4, -0.2) is 22.8 Å². The van der Waals surface area contributed by atoms with Crippen LogP contribution in [0.4, 0.5) is 0 Å². The van der Waals surface area contributed by atoms with Crippen molar-refractivity contribution in [3.8, 4) is 0 Å². The Labute approximate surface area is 119 Å². The third-order valence-corrected chi connectivity index (χ3v) is 3.93. The summed E-state index contributed by atoms with van der Waals surface area (Å²) in [6.07, 6.45) is 1.82. The lowest BCUT2D eigenvalue weighted by Crippen LogP contribution is -2.25. The summed E-state index contributed by atoms with van der Waals surface area (Å²) >= 11 is 4.98. The van der Waals surface area contributed by atoms with E-state index in [0.717, 1.165) is 14.4 Å². The number of hydrogen-bond acceptors (Lipinski definition) is 3. The van der Waals surface area contributed by atoms with Crippen LogP contribution >= 0.6 is 27.3 Å². The van der Waals surface area contributed by atoms with E-state index in [9.17, 15) is 4.79 Å². The fourth-order valence-corrected chi connectivity index (χ4v) is 2.71. The SMILES string of the molecule is Cc1ncc(CN(C)C(=O)c2ccc(Br)cc2)s1. The zero-order valence-corrected chi connectivity index (χ0v) is 12.6. The van der Waals surface area contributed by atoms with Gasteiger partial charge in [-0.25, -0.2) is 4.98 Å². The maximum absolute atomic E-state index is 12.2. The van der Waals surface area contributed by atoms with Crippen molar-refractivity contribution in [3.05, 3.63) is 50.4 Å². The van der Waals surface area contributed by atoms with Gasteiger partial charge in [-0.2, -0.15) is 0 Å². The zero-order chi connectivity index (χ0) is 13.1. The topological polar surface area (TPSA) is 33.2 Å². The summed E-state index contributed by atoms with van der Waals surface area (Å²) in [4.78, 5) is 19.2. The molecule has 0 atom stereocenters. The summed E-state index contributed by atoms with van der Waals surface area (Å²) in [5.41, 5.74) is 0.696. The number of amides is 1. The molecule has 5 heteroatoms. The van der Waals surface area contributed by atoms with Crippen LogP contribution in [-0.2, 0) is 6.54 Å². The number of hydrogen-bond donors (Lipinski definition) is 0. The number of carbonyl (C=O) groups is 1. The molecule has 1 aromatic heterocycles. The highest BCUT2D eigenvalue weighted by molar-refractivity contribution is 9.10. The lowest BCUT2D eigenvalue weighted by atomic mass is 10.2. The third-order valence-electron chi connectivity index (χ3n) is 2.50. The van der Waals surface area contributed by atoms with Crippen LogP contribution < -0.4 is 0 Å². The fraction of sp³-hybridized carbons (Fsp3) is 0.231. The molecule has 1 heterocycles. The standard InChI is InChI=1S/C13H13BrN2OS/c1-9-15-7-12(18-9)8-16(2)13(17)10-3-5-11(14)6-4-10/h3-7H,8H2,1-2H3. The minimum absolute atomic E-state index is 0.0218. The Bertz CT molecular complexity index is 550. The molecule has 0 spiro atoms. The first kappa shape index (κ1) is 13.2. The minimum atomic E-state index is 0.0218. The number of nitrogens with zero attached hydrogens (tertiary/aromatic N) is 2. The van der Waals surface area contributed by atoms with E-state index < -0.39 is 0 Å². The van der Waals surface area contributed by atoms with Gasteiger partial charge in [0, 0.05) is 28.2 Å². The van der Waals surface area contributed by atoms with Gasteiger partial charge < -0.3 is 4.90 Å². The number of carbonyl (C=O) groups excluding carboxylic acids is 1. The van der Waals surface area contributed by atoms with Crippen LogP contribution in [0.5, 0.6) is 0 Å². The van der Waals surface area contributed by atoms with Crippen LogP contribution in [0.3, 0.4) is 0 Å². The number of aromatic nitrogens is 1. The first-order valence-corrected chi connectivity index (χ1v) is 7.09. The van der Waals surface area contributed by atoms with Gasteiger partial charge in [0.15, 0.2) is 0 Å². The molecule has 2 aromatic rings. The quantitative estimate of drug-likeness (QED) is 0.865. The molecule has 0 bridgehead atoms. The molecule has 94 valence electrons. The van der Waals surface area contributed by atoms with Crippen molar-refractivity contribution in [1.82, 2.24) is 9.88 Å². The van der Waals surface area contributed by atoms with E-state index in [2.05, 4.69) is 20.9 Å². The van der Waals surface area contributed by atoms with Gasteiger partial charge in [-0.15, -0.1) is 11.3 Å². The Hall–Kier alpha value is -1.20. The Morgan fingerprint density at radius 2 is 2.06 bits per heavy atom. The summed E-state index contributed by atoms with van der Waals surface area (Å²) in [7, 11) is 1.80. The van der Waals surface area contributed by atoms with E-state index in [1.165, 1.54) is 0 Å². The lowest BCUT2D eigenvalue weighted by Gasteiger charge is -2.16. The van der Waals surface area contributed by atoms with Gasteiger partial charge >= 0.3 is 0 Å². The molecule has 0 unspecified atom stereocenters. The maximum Gasteiger partial charge on any atom is 0.253 e. The smallest absolute Gasteiger partial charge is 0.253 e. The molecule has 0 radical (unpaired) electrons. The van der Waals surface area contributed by atoms with E-state index >= 15 is 0 Å². The molecule has 1 amide bonds. The average molecular weight is 325 g/mol. The summed E-state index contributed by atoms with van der Waals surface area (Å²) in [6, 6.07) is 7.39. The van der Waals surface area contributed by atoms with Gasteiger partial charge in [0.05, 0.1) is 11.6 Å². The van der Waals surface area contributed by atoms with Gasteiger partial charge in [0.1, 0.15) is 0 Å². The van der Waals surface area contributed by atoms with Crippen LogP contribution in [0.15, 0.2) is 34.9 Å². The molecule has 18 heavy (non-hydrogen) atoms. The summed E-state index contributed by atoms with van der Waals surface area (Å²) in [5.74, 6) is 0.0218. The molecule has 3 nitrogen and oxygen atoms in total. The number of benzene rings is 1. The largest absolute Gasteiger partial charge is 0.337 e. The monoisotopic (exact) mass is 324 g/mol. The summed E-state index contributed by atoms with van der Waals surface area (Å²) < 4.78 is 0.972. The van der Waals surface area contributed by atoms with Crippen molar-refractivity contribution in [3.63, 3.8) is 0 Å². The predicted octanol–water partition coefficient (Wildman–Crippen LogP) is 3.49. The van der Waals surface area contributed by atoms with Gasteiger partial charge in [-0.05, 0) is 31.2 Å². The number of rotatable bonds is 3. The Morgan fingerprint density at radius 1 is 1.39 bits per heavy atom. The summed E-state index contributed by atoms with van der Waals surface area (Å²) in [5, 5.41) is 1.02. The van der Waals surface area contributed by atoms with E-state index in [-0.39, 0.29) is 5.91 Å². The second-order valence-electron chi connectivity index (χ2n) is 4.01. The van der Waals surface area contributed by atoms with Crippen LogP contribution in [0.2, 0.25) is 0 Å². The highest BCUT2D eigenvalue weighted by Gasteiger charge is 2.12. The highest BCUT2D eigenvalue weighted by atomic mass is 79.9. The fourth-order valence-electron chi connectivity index (χ4n) is 1.60. The number of aryl methyl sites for hydroxylation is 1. The van der Waals surface area contributed by atoms with E-state index in [1.54, 1.807) is 23.3 Å². The van der Waals surface area contributed by atoms with Crippen LogP contribution in [0.1, 0.15) is 20.2 Å². The average Bonchev–Trinajstić information content (AvgIpc) is 2.75. The van der Waals surface area contributed by atoms with Crippen molar-refractivity contribution < 1.29 is 4.79 Å². The summed E-state index contributed by atoms with van der Waals surface area (Å²) in [6.45, 7) is 2.56. The van der Waals surface area contributed by atoms with Crippen molar-refractivity contribution in [2.45, 2.75) is 13.5 Å². The van der Waals surface area contributed by atoms with E-state index in [4.69, 9.17) is 0 Å². The van der Waals surface area contributed by atoms with E-state index in [1.807, 2.05) is 37.4 Å². The van der Waals surface area contributed by atoms with Gasteiger partial charge in [0.25, 0.3) is 5.91 Å². The molecule has 1 aromatic carbocycles. The maximum atomic E-state index is 12.2. The number of halogens is 1. The molecule has 0 saturated carbocycles. The molecular weight excluding hydrogens is 312 g/mol. The normalized spacial score (nSPS) is 10.4. The van der Waals surface area contributed by atoms with Gasteiger partial charge in [-0.1, -0.05) is 15.9 Å². The Kier molecular flexibility index (Phi) is 4.14. The first-order valence-electron chi connectivity index (χ1n) is 5.48. The Balaban J connectivity index is 2.07. The van der Waals surface area contributed by atoms with Crippen molar-refractivity contribution in [1.29, 1.82) is 0 Å². The number of thiazole rings is 1. The third kappa shape index (κ3) is 3.17. The molecule has 0 fully saturated rings. The lowest BCUT2D eigenvalue weighted by molar-refractivity contribution is 0.0786. The van der Waals surface area contributed by atoms with Crippen molar-refractivity contribution in [2.24, 2.45) is 0 Å². The minimum Gasteiger partial charge on any atom is -0.337 e. The van der Waals surface area contributed by atoms with Gasteiger partial charge in [0.2, 0.25) is 0 Å². The second-order valence-corrected chi connectivity index (χ2v) is 6.25. The van der Waals surface area contributed by atoms with E-state index in [0.29, 0.717) is 12.1 Å². The van der Waals surface area contributed by atoms with Crippen molar-refractivity contribution in [2.75, 3.05) is 7.05 Å². The molecule has 0 aliphatic rings. The molecule has 0 saturated heterocycles. The predicted molar refractivity (Wildman–Crippen MR) is 76.8 cm³/mol.